The molecule has 40 heavy (non-hydrogen) atoms. The number of para-hydroxylation sites is 2. The molecular formula is C34H34N3O2Y-. The quantitative estimate of drug-likeness (QED) is 0.100. The van der Waals surface area contributed by atoms with Crippen LogP contribution < -0.4 is 10.2 Å². The molecule has 0 amide bonds. The summed E-state index contributed by atoms with van der Waals surface area (Å²) in [7, 11) is 0. The van der Waals surface area contributed by atoms with Crippen molar-refractivity contribution in [2.45, 2.75) is 33.3 Å². The molecule has 0 unspecified atom stereocenters. The number of hydrogen-bond acceptors (Lipinski definition) is 5. The van der Waals surface area contributed by atoms with E-state index >= 15 is 0 Å². The predicted molar refractivity (Wildman–Crippen MR) is 162 cm³/mol. The molecule has 0 atom stereocenters. The van der Waals surface area contributed by atoms with Crippen LogP contribution in [0.2, 0.25) is 0 Å². The molecule has 6 heteroatoms. The van der Waals surface area contributed by atoms with Crippen LogP contribution in [0.4, 0.5) is 17.1 Å². The van der Waals surface area contributed by atoms with E-state index in [1.54, 1.807) is 0 Å². The van der Waals surface area contributed by atoms with Crippen molar-refractivity contribution in [3.8, 4) is 0 Å². The largest absolute Gasteiger partial charge is 0.461 e. The summed E-state index contributed by atoms with van der Waals surface area (Å²) in [5, 5.41) is 5.76. The monoisotopic (exact) mass is 605 g/mol. The maximum atomic E-state index is 12.7. The van der Waals surface area contributed by atoms with Gasteiger partial charge in [0.25, 0.3) is 0 Å². The third kappa shape index (κ3) is 7.07. The van der Waals surface area contributed by atoms with E-state index in [0.717, 1.165) is 75.1 Å². The molecule has 0 bridgehead atoms. The Balaban J connectivity index is 0.00000370. The predicted octanol–water partition coefficient (Wildman–Crippen LogP) is 7.77. The van der Waals surface area contributed by atoms with Crippen LogP contribution in [0.25, 0.3) is 21.8 Å². The van der Waals surface area contributed by atoms with E-state index in [0.29, 0.717) is 0 Å². The van der Waals surface area contributed by atoms with Gasteiger partial charge in [0.1, 0.15) is 6.61 Å². The first kappa shape index (κ1) is 29.7. The molecule has 0 aliphatic rings. The van der Waals surface area contributed by atoms with Crippen LogP contribution in [0.5, 0.6) is 0 Å². The van der Waals surface area contributed by atoms with Gasteiger partial charge in [-0.2, -0.15) is 0 Å². The van der Waals surface area contributed by atoms with Crippen LogP contribution in [0.15, 0.2) is 91.0 Å². The standard InChI is InChI=1S/C34H34N3O2.Y/c1-4-18-37(5-2)28-16-14-25(15-17-28)22-33(38)39-23-26-19-24(3)20-27(21-26)35-34-29-10-6-8-12-31(29)36-32-13-9-7-11-30(32)34;/h6-17,19-21H,2,4-5,18,22-23H2,1,3H3,(H,35,36);/q-1;. The molecule has 1 aromatic heterocycles. The maximum Gasteiger partial charge on any atom is 0.310 e. The number of nitrogens with zero attached hydrogens (tertiary/aromatic N) is 2. The van der Waals surface area contributed by atoms with Gasteiger partial charge in [-0.05, 0) is 66.4 Å². The van der Waals surface area contributed by atoms with Crippen molar-refractivity contribution in [1.29, 1.82) is 0 Å². The van der Waals surface area contributed by atoms with E-state index in [2.05, 4.69) is 67.4 Å². The zero-order valence-electron chi connectivity index (χ0n) is 23.2. The van der Waals surface area contributed by atoms with Gasteiger partial charge in [-0.25, -0.2) is 4.98 Å². The number of rotatable bonds is 10. The summed E-state index contributed by atoms with van der Waals surface area (Å²) < 4.78 is 5.67. The summed E-state index contributed by atoms with van der Waals surface area (Å²) in [6, 6.07) is 30.6. The number of carbonyl (C=O) groups excluding carboxylic acids is 1. The number of esters is 1. The second kappa shape index (κ2) is 13.9. The molecule has 5 aromatic rings. The Morgan fingerprint density at radius 3 is 2.17 bits per heavy atom. The Kier molecular flexibility index (Phi) is 10.3. The van der Waals surface area contributed by atoms with Crippen molar-refractivity contribution >= 4 is 44.8 Å². The fraction of sp³-hybridized carbons (Fsp3) is 0.206. The first-order valence-corrected chi connectivity index (χ1v) is 13.5. The van der Waals surface area contributed by atoms with Crippen molar-refractivity contribution in [1.82, 2.24) is 4.98 Å². The van der Waals surface area contributed by atoms with Gasteiger partial charge in [-0.3, -0.25) is 4.79 Å². The SMILES string of the molecule is [CH2-]CN(CCC)c1ccc(CC(=O)OCc2cc(C)cc(Nc3c4ccccc4nc4ccccc34)c2)cc1.[Y]. The molecule has 0 aliphatic heterocycles. The maximum absolute atomic E-state index is 12.7. The zero-order valence-corrected chi connectivity index (χ0v) is 26.0. The van der Waals surface area contributed by atoms with Gasteiger partial charge < -0.3 is 21.9 Å². The van der Waals surface area contributed by atoms with E-state index < -0.39 is 0 Å². The summed E-state index contributed by atoms with van der Waals surface area (Å²) in [5.41, 5.74) is 7.94. The molecule has 4 aromatic carbocycles. The molecule has 1 N–H and O–H groups in total. The second-order valence-corrected chi connectivity index (χ2v) is 9.84. The second-order valence-electron chi connectivity index (χ2n) is 9.84. The van der Waals surface area contributed by atoms with Gasteiger partial charge in [0, 0.05) is 61.4 Å². The van der Waals surface area contributed by atoms with E-state index in [1.807, 2.05) is 54.6 Å². The number of fused-ring (bicyclic) bond motifs is 2. The van der Waals surface area contributed by atoms with Crippen molar-refractivity contribution in [3.63, 3.8) is 0 Å². The molecule has 0 aliphatic carbocycles. The molecule has 1 radical (unpaired) electrons. The van der Waals surface area contributed by atoms with Gasteiger partial charge in [-0.1, -0.05) is 61.5 Å². The average Bonchev–Trinajstić information content (AvgIpc) is 2.95. The first-order chi connectivity index (χ1) is 19.0. The third-order valence-electron chi connectivity index (χ3n) is 6.81. The van der Waals surface area contributed by atoms with Gasteiger partial charge in [0.15, 0.2) is 0 Å². The number of aromatic nitrogens is 1. The van der Waals surface area contributed by atoms with Crippen LogP contribution >= 0.6 is 0 Å². The molecule has 0 saturated heterocycles. The number of benzene rings is 4. The summed E-state index contributed by atoms with van der Waals surface area (Å²) in [4.78, 5) is 19.7. The summed E-state index contributed by atoms with van der Waals surface area (Å²) in [6.07, 6.45) is 1.31. The number of carbonyl (C=O) groups is 1. The smallest absolute Gasteiger partial charge is 0.310 e. The van der Waals surface area contributed by atoms with E-state index in [4.69, 9.17) is 9.72 Å². The van der Waals surface area contributed by atoms with Crippen molar-refractivity contribution in [3.05, 3.63) is 115 Å². The summed E-state index contributed by atoms with van der Waals surface area (Å²) >= 11 is 0. The zero-order chi connectivity index (χ0) is 27.2. The minimum absolute atomic E-state index is 0. The van der Waals surface area contributed by atoms with E-state index in [-0.39, 0.29) is 51.7 Å². The van der Waals surface area contributed by atoms with Crippen molar-refractivity contribution < 1.29 is 42.2 Å². The van der Waals surface area contributed by atoms with Crippen LogP contribution in [0.3, 0.4) is 0 Å². The van der Waals surface area contributed by atoms with Gasteiger partial charge in [0.2, 0.25) is 0 Å². The molecular weight excluding hydrogens is 571 g/mol. The fourth-order valence-electron chi connectivity index (χ4n) is 4.98. The molecule has 5 rings (SSSR count). The number of nitrogens with one attached hydrogen (secondary N) is 1. The molecule has 201 valence electrons. The Hall–Kier alpha value is -3.28. The van der Waals surface area contributed by atoms with Crippen LogP contribution in [0.1, 0.15) is 30.0 Å². The van der Waals surface area contributed by atoms with Crippen LogP contribution in [0, 0.1) is 13.8 Å². The molecule has 0 fully saturated rings. The summed E-state index contributed by atoms with van der Waals surface area (Å²) in [6.45, 7) is 10.1. The van der Waals surface area contributed by atoms with Gasteiger partial charge >= 0.3 is 5.97 Å². The Morgan fingerprint density at radius 2 is 1.55 bits per heavy atom. The van der Waals surface area contributed by atoms with Crippen molar-refractivity contribution in [2.75, 3.05) is 23.3 Å². The van der Waals surface area contributed by atoms with Gasteiger partial charge in [0.05, 0.1) is 23.1 Å². The average molecular weight is 606 g/mol. The fourth-order valence-corrected chi connectivity index (χ4v) is 4.98. The molecule has 0 spiro atoms. The summed E-state index contributed by atoms with van der Waals surface area (Å²) in [5.74, 6) is -0.243. The topological polar surface area (TPSA) is 54.5 Å². The Morgan fingerprint density at radius 1 is 0.900 bits per heavy atom. The van der Waals surface area contributed by atoms with E-state index in [1.165, 1.54) is 0 Å². The first-order valence-electron chi connectivity index (χ1n) is 13.5. The normalized spacial score (nSPS) is 10.8. The van der Waals surface area contributed by atoms with Crippen LogP contribution in [-0.2, 0) is 55.3 Å². The van der Waals surface area contributed by atoms with Crippen molar-refractivity contribution in [2.24, 2.45) is 0 Å². The molecule has 5 nitrogen and oxygen atoms in total. The third-order valence-corrected chi connectivity index (χ3v) is 6.81. The Labute approximate surface area is 261 Å². The number of aryl methyl sites for hydroxylation is 1. The number of ether oxygens (including phenoxy) is 1. The Bertz CT molecular complexity index is 1550. The number of hydrogen-bond donors (Lipinski definition) is 1. The minimum atomic E-state index is -0.243. The van der Waals surface area contributed by atoms with E-state index in [9.17, 15) is 4.79 Å². The number of anilines is 3. The molecule has 1 heterocycles. The minimum Gasteiger partial charge on any atom is -0.461 e. The van der Waals surface area contributed by atoms with Gasteiger partial charge in [-0.15, -0.1) is 6.54 Å². The molecule has 0 saturated carbocycles. The number of pyridine rings is 1. The van der Waals surface area contributed by atoms with Crippen LogP contribution in [-0.4, -0.2) is 24.0 Å².